The Kier molecular flexibility index (Phi) is 6.76. The van der Waals surface area contributed by atoms with Gasteiger partial charge in [-0.25, -0.2) is 0 Å². The van der Waals surface area contributed by atoms with Crippen LogP contribution in [0.15, 0.2) is 36.4 Å². The molecule has 0 saturated carbocycles. The number of ether oxygens (including phenoxy) is 2. The minimum Gasteiger partial charge on any atom is -0.494 e. The summed E-state index contributed by atoms with van der Waals surface area (Å²) in [5.74, 6) is 0.911. The first-order valence-electron chi connectivity index (χ1n) is 7.67. The molecule has 1 amide bonds. The van der Waals surface area contributed by atoms with E-state index in [0.717, 1.165) is 5.56 Å². The Morgan fingerprint density at radius 1 is 1.04 bits per heavy atom. The van der Waals surface area contributed by atoms with E-state index in [2.05, 4.69) is 5.32 Å². The zero-order valence-corrected chi connectivity index (χ0v) is 15.1. The van der Waals surface area contributed by atoms with Crippen LogP contribution in [0, 0.1) is 0 Å². The minimum absolute atomic E-state index is 0.243. The van der Waals surface area contributed by atoms with Crippen molar-refractivity contribution in [3.8, 4) is 11.5 Å². The van der Waals surface area contributed by atoms with Gasteiger partial charge >= 0.3 is 0 Å². The summed E-state index contributed by atoms with van der Waals surface area (Å²) in [6.45, 7) is 5.07. The number of rotatable bonds is 7. The van der Waals surface area contributed by atoms with Gasteiger partial charge in [0, 0.05) is 22.7 Å². The van der Waals surface area contributed by atoms with Gasteiger partial charge in [0.2, 0.25) is 0 Å². The molecule has 0 aliphatic rings. The largest absolute Gasteiger partial charge is 0.494 e. The van der Waals surface area contributed by atoms with Gasteiger partial charge in [0.25, 0.3) is 5.91 Å². The number of carbonyl (C=O) groups excluding carboxylic acids is 1. The van der Waals surface area contributed by atoms with Gasteiger partial charge in [-0.15, -0.1) is 0 Å². The highest BCUT2D eigenvalue weighted by atomic mass is 35.5. The lowest BCUT2D eigenvalue weighted by atomic mass is 10.1. The van der Waals surface area contributed by atoms with E-state index in [1.54, 1.807) is 36.4 Å². The van der Waals surface area contributed by atoms with Gasteiger partial charge < -0.3 is 14.8 Å². The Labute approximate surface area is 151 Å². The molecule has 1 N–H and O–H groups in total. The monoisotopic (exact) mass is 367 g/mol. The van der Waals surface area contributed by atoms with E-state index in [1.807, 2.05) is 13.8 Å². The first-order chi connectivity index (χ1) is 11.5. The highest BCUT2D eigenvalue weighted by Gasteiger charge is 2.14. The standard InChI is InChI=1S/C18H19Cl2NO3/c1-3-23-14-7-8-15(17(10-14)24-4-2)18(22)21-11-12-5-6-13(19)9-16(12)20/h5-10H,3-4,11H2,1-2H3,(H,21,22). The van der Waals surface area contributed by atoms with Crippen molar-refractivity contribution < 1.29 is 14.3 Å². The third-order valence-electron chi connectivity index (χ3n) is 3.26. The Balaban J connectivity index is 2.13. The Hall–Kier alpha value is -1.91. The molecule has 0 atom stereocenters. The van der Waals surface area contributed by atoms with Crippen molar-refractivity contribution >= 4 is 29.1 Å². The zero-order valence-electron chi connectivity index (χ0n) is 13.6. The second kappa shape index (κ2) is 8.81. The first-order valence-corrected chi connectivity index (χ1v) is 8.42. The van der Waals surface area contributed by atoms with Crippen molar-refractivity contribution in [3.05, 3.63) is 57.6 Å². The number of halogens is 2. The number of hydrogen-bond acceptors (Lipinski definition) is 3. The van der Waals surface area contributed by atoms with Crippen LogP contribution in [-0.4, -0.2) is 19.1 Å². The Morgan fingerprint density at radius 2 is 1.79 bits per heavy atom. The molecule has 4 nitrogen and oxygen atoms in total. The average Bonchev–Trinajstić information content (AvgIpc) is 2.55. The minimum atomic E-state index is -0.243. The highest BCUT2D eigenvalue weighted by molar-refractivity contribution is 6.35. The summed E-state index contributed by atoms with van der Waals surface area (Å²) in [5.41, 5.74) is 1.24. The smallest absolute Gasteiger partial charge is 0.255 e. The molecular weight excluding hydrogens is 349 g/mol. The summed E-state index contributed by atoms with van der Waals surface area (Å²) in [6, 6.07) is 10.3. The Bertz CT molecular complexity index is 719. The fourth-order valence-electron chi connectivity index (χ4n) is 2.16. The van der Waals surface area contributed by atoms with E-state index in [4.69, 9.17) is 32.7 Å². The molecule has 6 heteroatoms. The van der Waals surface area contributed by atoms with Crippen molar-refractivity contribution in [2.24, 2.45) is 0 Å². The van der Waals surface area contributed by atoms with Crippen molar-refractivity contribution in [2.45, 2.75) is 20.4 Å². The van der Waals surface area contributed by atoms with Crippen LogP contribution in [0.1, 0.15) is 29.8 Å². The third-order valence-corrected chi connectivity index (χ3v) is 3.85. The molecule has 0 unspecified atom stereocenters. The quantitative estimate of drug-likeness (QED) is 0.769. The first kappa shape index (κ1) is 18.4. The fourth-order valence-corrected chi connectivity index (χ4v) is 2.63. The van der Waals surface area contributed by atoms with Gasteiger partial charge in [-0.1, -0.05) is 29.3 Å². The third kappa shape index (κ3) is 4.79. The van der Waals surface area contributed by atoms with Crippen LogP contribution >= 0.6 is 23.2 Å². The topological polar surface area (TPSA) is 47.6 Å². The summed E-state index contributed by atoms with van der Waals surface area (Å²) < 4.78 is 11.0. The number of benzene rings is 2. The normalized spacial score (nSPS) is 10.3. The fraction of sp³-hybridized carbons (Fsp3) is 0.278. The van der Waals surface area contributed by atoms with Gasteiger partial charge in [0.05, 0.1) is 18.8 Å². The van der Waals surface area contributed by atoms with Crippen LogP contribution in [-0.2, 0) is 6.54 Å². The molecule has 0 saturated heterocycles. The lowest BCUT2D eigenvalue weighted by Gasteiger charge is -2.13. The van der Waals surface area contributed by atoms with E-state index in [1.165, 1.54) is 0 Å². The maximum Gasteiger partial charge on any atom is 0.255 e. The van der Waals surface area contributed by atoms with Crippen molar-refractivity contribution in [3.63, 3.8) is 0 Å². The molecule has 0 heterocycles. The maximum atomic E-state index is 12.5. The summed E-state index contributed by atoms with van der Waals surface area (Å²) in [5, 5.41) is 3.91. The van der Waals surface area contributed by atoms with E-state index < -0.39 is 0 Å². The summed E-state index contributed by atoms with van der Waals surface area (Å²) in [4.78, 5) is 12.5. The molecule has 24 heavy (non-hydrogen) atoms. The van der Waals surface area contributed by atoms with Crippen LogP contribution in [0.25, 0.3) is 0 Å². The van der Waals surface area contributed by atoms with Crippen molar-refractivity contribution in [1.29, 1.82) is 0 Å². The second-order valence-electron chi connectivity index (χ2n) is 4.94. The van der Waals surface area contributed by atoms with Crippen LogP contribution in [0.4, 0.5) is 0 Å². The van der Waals surface area contributed by atoms with Crippen LogP contribution in [0.3, 0.4) is 0 Å². The molecule has 2 aromatic carbocycles. The van der Waals surface area contributed by atoms with E-state index in [9.17, 15) is 4.79 Å². The lowest BCUT2D eigenvalue weighted by Crippen LogP contribution is -2.23. The van der Waals surface area contributed by atoms with E-state index in [-0.39, 0.29) is 5.91 Å². The van der Waals surface area contributed by atoms with Crippen LogP contribution in [0.5, 0.6) is 11.5 Å². The van der Waals surface area contributed by atoms with Gasteiger partial charge in [0.15, 0.2) is 0 Å². The van der Waals surface area contributed by atoms with E-state index in [0.29, 0.717) is 46.9 Å². The summed E-state index contributed by atoms with van der Waals surface area (Å²) in [7, 11) is 0. The molecule has 0 spiro atoms. The predicted octanol–water partition coefficient (Wildman–Crippen LogP) is 4.72. The van der Waals surface area contributed by atoms with Crippen molar-refractivity contribution in [1.82, 2.24) is 5.32 Å². The zero-order chi connectivity index (χ0) is 17.5. The molecule has 2 aromatic rings. The molecule has 2 rings (SSSR count). The number of carbonyl (C=O) groups is 1. The average molecular weight is 368 g/mol. The molecule has 0 bridgehead atoms. The molecule has 0 aliphatic carbocycles. The molecule has 128 valence electrons. The molecule has 0 fully saturated rings. The van der Waals surface area contributed by atoms with Crippen LogP contribution < -0.4 is 14.8 Å². The second-order valence-corrected chi connectivity index (χ2v) is 5.79. The molecular formula is C18H19Cl2NO3. The number of amides is 1. The maximum absolute atomic E-state index is 12.5. The number of hydrogen-bond donors (Lipinski definition) is 1. The summed E-state index contributed by atoms with van der Waals surface area (Å²) >= 11 is 12.0. The van der Waals surface area contributed by atoms with Crippen molar-refractivity contribution in [2.75, 3.05) is 13.2 Å². The SMILES string of the molecule is CCOc1ccc(C(=O)NCc2ccc(Cl)cc2Cl)c(OCC)c1. The van der Waals surface area contributed by atoms with Gasteiger partial charge in [0.1, 0.15) is 11.5 Å². The molecule has 0 radical (unpaired) electrons. The van der Waals surface area contributed by atoms with Crippen LogP contribution in [0.2, 0.25) is 10.0 Å². The summed E-state index contributed by atoms with van der Waals surface area (Å²) in [6.07, 6.45) is 0. The lowest BCUT2D eigenvalue weighted by molar-refractivity contribution is 0.0947. The van der Waals surface area contributed by atoms with Gasteiger partial charge in [-0.3, -0.25) is 4.79 Å². The van der Waals surface area contributed by atoms with Gasteiger partial charge in [-0.2, -0.15) is 0 Å². The highest BCUT2D eigenvalue weighted by Crippen LogP contribution is 2.26. The predicted molar refractivity (Wildman–Crippen MR) is 96.4 cm³/mol. The van der Waals surface area contributed by atoms with E-state index >= 15 is 0 Å². The van der Waals surface area contributed by atoms with Gasteiger partial charge in [-0.05, 0) is 43.7 Å². The number of nitrogens with one attached hydrogen (secondary N) is 1. The molecule has 0 aliphatic heterocycles. The Morgan fingerprint density at radius 3 is 2.46 bits per heavy atom. The molecule has 0 aromatic heterocycles.